The number of aromatic nitrogens is 2. The van der Waals surface area contributed by atoms with Crippen LogP contribution in [-0.4, -0.2) is 20.6 Å². The van der Waals surface area contributed by atoms with Gasteiger partial charge in [0.15, 0.2) is 0 Å². The highest BCUT2D eigenvalue weighted by atomic mass is 16.3. The van der Waals surface area contributed by atoms with Crippen molar-refractivity contribution in [2.45, 2.75) is 6.92 Å². The average Bonchev–Trinajstić information content (AvgIpc) is 3.25. The van der Waals surface area contributed by atoms with Crippen molar-refractivity contribution in [1.82, 2.24) is 9.78 Å². The number of benzene rings is 3. The standard InChI is InChI=1S/C27H24N4O/c1-21(29-30-23-14-4-2-5-15-23)12-8-9-13-22-20-28-31(24-16-6-3-7-17-24)27(22)25-18-10-11-19-26(25)32/h2-20,30,32H,1H3/b12-8+,13-9+,29-21+. The number of phenolic OH excluding ortho intramolecular Hbond substituents is 1. The van der Waals surface area contributed by atoms with Crippen LogP contribution in [0.2, 0.25) is 0 Å². The van der Waals surface area contributed by atoms with Crippen molar-refractivity contribution in [3.05, 3.63) is 115 Å². The highest BCUT2D eigenvalue weighted by molar-refractivity contribution is 5.93. The lowest BCUT2D eigenvalue weighted by atomic mass is 10.1. The molecule has 0 amide bonds. The molecule has 4 aromatic rings. The maximum absolute atomic E-state index is 10.5. The van der Waals surface area contributed by atoms with Gasteiger partial charge in [-0.1, -0.05) is 66.8 Å². The molecule has 1 aromatic heterocycles. The first kappa shape index (κ1) is 20.9. The predicted octanol–water partition coefficient (Wildman–Crippen LogP) is 6.30. The van der Waals surface area contributed by atoms with Gasteiger partial charge in [0.25, 0.3) is 0 Å². The summed E-state index contributed by atoms with van der Waals surface area (Å²) in [5.41, 5.74) is 8.20. The van der Waals surface area contributed by atoms with Gasteiger partial charge < -0.3 is 5.11 Å². The fraction of sp³-hybridized carbons (Fsp3) is 0.0370. The van der Waals surface area contributed by atoms with Crippen molar-refractivity contribution < 1.29 is 5.11 Å². The molecule has 0 radical (unpaired) electrons. The van der Waals surface area contributed by atoms with Crippen LogP contribution < -0.4 is 5.43 Å². The second kappa shape index (κ2) is 10.1. The molecule has 0 saturated carbocycles. The minimum Gasteiger partial charge on any atom is -0.507 e. The van der Waals surface area contributed by atoms with E-state index in [1.54, 1.807) is 12.3 Å². The van der Waals surface area contributed by atoms with Gasteiger partial charge in [0.05, 0.1) is 29.0 Å². The van der Waals surface area contributed by atoms with Crippen molar-refractivity contribution in [3.8, 4) is 22.7 Å². The molecule has 0 aliphatic heterocycles. The van der Waals surface area contributed by atoms with Gasteiger partial charge in [-0.15, -0.1) is 0 Å². The normalized spacial score (nSPS) is 12.0. The van der Waals surface area contributed by atoms with Gasteiger partial charge in [0, 0.05) is 11.1 Å². The summed E-state index contributed by atoms with van der Waals surface area (Å²) in [5.74, 6) is 0.213. The first-order chi connectivity index (χ1) is 15.7. The summed E-state index contributed by atoms with van der Waals surface area (Å²) in [6, 6.07) is 27.0. The Hall–Kier alpha value is -4.38. The van der Waals surface area contributed by atoms with E-state index in [1.165, 1.54) is 0 Å². The average molecular weight is 421 g/mol. The number of hydrogen-bond acceptors (Lipinski definition) is 4. The van der Waals surface area contributed by atoms with Gasteiger partial charge in [0.1, 0.15) is 5.75 Å². The van der Waals surface area contributed by atoms with Crippen LogP contribution in [0.3, 0.4) is 0 Å². The van der Waals surface area contributed by atoms with Gasteiger partial charge >= 0.3 is 0 Å². The topological polar surface area (TPSA) is 62.4 Å². The summed E-state index contributed by atoms with van der Waals surface area (Å²) in [7, 11) is 0. The molecular formula is C27H24N4O. The van der Waals surface area contributed by atoms with Crippen LogP contribution in [0, 0.1) is 0 Å². The Morgan fingerprint density at radius 1 is 0.906 bits per heavy atom. The summed E-state index contributed by atoms with van der Waals surface area (Å²) in [5, 5.41) is 19.4. The van der Waals surface area contributed by atoms with Gasteiger partial charge in [-0.05, 0) is 49.4 Å². The first-order valence-corrected chi connectivity index (χ1v) is 10.3. The number of aromatic hydroxyl groups is 1. The van der Waals surface area contributed by atoms with Crippen LogP contribution in [0.4, 0.5) is 5.69 Å². The zero-order valence-electron chi connectivity index (χ0n) is 17.8. The SMILES string of the molecule is CC(/C=C/C=C/c1cnn(-c2ccccc2)c1-c1ccccc1O)=N\Nc1ccccc1. The number of phenols is 1. The van der Waals surface area contributed by atoms with Crippen LogP contribution >= 0.6 is 0 Å². The molecule has 0 aliphatic rings. The molecule has 0 unspecified atom stereocenters. The van der Waals surface area contributed by atoms with Crippen molar-refractivity contribution in [3.63, 3.8) is 0 Å². The van der Waals surface area contributed by atoms with Crippen molar-refractivity contribution >= 4 is 17.5 Å². The molecule has 32 heavy (non-hydrogen) atoms. The number of anilines is 1. The zero-order valence-corrected chi connectivity index (χ0v) is 17.8. The Balaban J connectivity index is 1.58. The molecular weight excluding hydrogens is 396 g/mol. The molecule has 158 valence electrons. The monoisotopic (exact) mass is 420 g/mol. The smallest absolute Gasteiger partial charge is 0.124 e. The highest BCUT2D eigenvalue weighted by Gasteiger charge is 2.15. The van der Waals surface area contributed by atoms with Crippen LogP contribution in [-0.2, 0) is 0 Å². The number of nitrogens with zero attached hydrogens (tertiary/aromatic N) is 3. The van der Waals surface area contributed by atoms with Crippen molar-refractivity contribution in [2.75, 3.05) is 5.43 Å². The number of para-hydroxylation sites is 3. The maximum Gasteiger partial charge on any atom is 0.124 e. The van der Waals surface area contributed by atoms with E-state index in [0.717, 1.165) is 33.9 Å². The molecule has 2 N–H and O–H groups in total. The molecule has 0 atom stereocenters. The van der Waals surface area contributed by atoms with Crippen LogP contribution in [0.5, 0.6) is 5.75 Å². The molecule has 0 spiro atoms. The summed E-state index contributed by atoms with van der Waals surface area (Å²) < 4.78 is 1.84. The largest absolute Gasteiger partial charge is 0.507 e. The third kappa shape index (κ3) is 5.02. The molecule has 5 heteroatoms. The Bertz CT molecular complexity index is 1260. The Morgan fingerprint density at radius 2 is 1.59 bits per heavy atom. The maximum atomic E-state index is 10.5. The fourth-order valence-corrected chi connectivity index (χ4v) is 3.25. The molecule has 0 saturated heterocycles. The van der Waals surface area contributed by atoms with E-state index in [1.807, 2.05) is 115 Å². The third-order valence-electron chi connectivity index (χ3n) is 4.82. The molecule has 5 nitrogen and oxygen atoms in total. The van der Waals surface area contributed by atoms with Crippen LogP contribution in [0.1, 0.15) is 12.5 Å². The molecule has 3 aromatic carbocycles. The lowest BCUT2D eigenvalue weighted by Crippen LogP contribution is -1.99. The summed E-state index contributed by atoms with van der Waals surface area (Å²) in [6.45, 7) is 1.93. The van der Waals surface area contributed by atoms with E-state index in [4.69, 9.17) is 0 Å². The van der Waals surface area contributed by atoms with E-state index >= 15 is 0 Å². The van der Waals surface area contributed by atoms with Crippen LogP contribution in [0.25, 0.3) is 23.0 Å². The Labute approximate surface area is 187 Å². The highest BCUT2D eigenvalue weighted by Crippen LogP contribution is 2.33. The second-order valence-corrected chi connectivity index (χ2v) is 7.16. The number of rotatable bonds is 7. The molecule has 0 bridgehead atoms. The van der Waals surface area contributed by atoms with Gasteiger partial charge in [0.2, 0.25) is 0 Å². The predicted molar refractivity (Wildman–Crippen MR) is 132 cm³/mol. The summed E-state index contributed by atoms with van der Waals surface area (Å²) >= 11 is 0. The van der Waals surface area contributed by atoms with Gasteiger partial charge in [-0.25, -0.2) is 4.68 Å². The first-order valence-electron chi connectivity index (χ1n) is 10.3. The zero-order chi connectivity index (χ0) is 22.2. The van der Waals surface area contributed by atoms with Crippen molar-refractivity contribution in [2.24, 2.45) is 5.10 Å². The minimum atomic E-state index is 0.213. The summed E-state index contributed by atoms with van der Waals surface area (Å²) in [4.78, 5) is 0. The molecule has 1 heterocycles. The van der Waals surface area contributed by atoms with Crippen LogP contribution in [0.15, 0.2) is 114 Å². The fourth-order valence-electron chi connectivity index (χ4n) is 3.25. The quantitative estimate of drug-likeness (QED) is 0.209. The number of hydrazone groups is 1. The number of allylic oxidation sites excluding steroid dienone is 3. The lowest BCUT2D eigenvalue weighted by molar-refractivity contribution is 0.477. The Kier molecular flexibility index (Phi) is 6.58. The van der Waals surface area contributed by atoms with E-state index in [0.29, 0.717) is 0 Å². The van der Waals surface area contributed by atoms with E-state index in [2.05, 4.69) is 15.6 Å². The third-order valence-corrected chi connectivity index (χ3v) is 4.82. The lowest BCUT2D eigenvalue weighted by Gasteiger charge is -2.10. The second-order valence-electron chi connectivity index (χ2n) is 7.16. The van der Waals surface area contributed by atoms with Gasteiger partial charge in [-0.3, -0.25) is 5.43 Å². The number of hydrogen-bond donors (Lipinski definition) is 2. The van der Waals surface area contributed by atoms with Gasteiger partial charge in [-0.2, -0.15) is 10.2 Å². The molecule has 4 rings (SSSR count). The van der Waals surface area contributed by atoms with E-state index in [9.17, 15) is 5.11 Å². The Morgan fingerprint density at radius 3 is 2.34 bits per heavy atom. The van der Waals surface area contributed by atoms with E-state index < -0.39 is 0 Å². The molecule has 0 fully saturated rings. The minimum absolute atomic E-state index is 0.213. The van der Waals surface area contributed by atoms with Crippen molar-refractivity contribution in [1.29, 1.82) is 0 Å². The summed E-state index contributed by atoms with van der Waals surface area (Å²) in [6.07, 6.45) is 9.57. The molecule has 0 aliphatic carbocycles. The van der Waals surface area contributed by atoms with E-state index in [-0.39, 0.29) is 5.75 Å². The number of nitrogens with one attached hydrogen (secondary N) is 1.